The van der Waals surface area contributed by atoms with Crippen molar-refractivity contribution in [3.05, 3.63) is 58.4 Å². The van der Waals surface area contributed by atoms with Gasteiger partial charge in [-0.3, -0.25) is 0 Å². The van der Waals surface area contributed by atoms with Gasteiger partial charge in [-0.05, 0) is 30.3 Å². The van der Waals surface area contributed by atoms with Crippen LogP contribution in [0.15, 0.2) is 30.3 Å². The Morgan fingerprint density at radius 1 is 1.05 bits per heavy atom. The Bertz CT molecular complexity index is 692. The molecule has 0 aromatic heterocycles. The fourth-order valence-electron chi connectivity index (χ4n) is 1.54. The monoisotopic (exact) mass is 316 g/mol. The van der Waals surface area contributed by atoms with Gasteiger partial charge in [-0.1, -0.05) is 23.8 Å². The molecular formula is C13H8ClF3N2S. The van der Waals surface area contributed by atoms with Gasteiger partial charge in [-0.25, -0.2) is 13.2 Å². The maximum Gasteiger partial charge on any atom is 0.196 e. The molecule has 0 amide bonds. The standard InChI is InChI=1S/C13H8ClF3N2S/c14-7-5-6(13(18)20)1-3-9(7)19-10-4-2-8(15)11(16)12(10)17/h1-5,19H,(H2,18,20). The van der Waals surface area contributed by atoms with Crippen molar-refractivity contribution < 1.29 is 13.2 Å². The van der Waals surface area contributed by atoms with Crippen LogP contribution in [0.25, 0.3) is 0 Å². The fraction of sp³-hybridized carbons (Fsp3) is 0. The molecule has 0 radical (unpaired) electrons. The van der Waals surface area contributed by atoms with Crippen LogP contribution in [-0.4, -0.2) is 4.99 Å². The lowest BCUT2D eigenvalue weighted by Gasteiger charge is -2.11. The highest BCUT2D eigenvalue weighted by Crippen LogP contribution is 2.29. The molecule has 0 unspecified atom stereocenters. The third-order valence-electron chi connectivity index (χ3n) is 2.56. The predicted molar refractivity (Wildman–Crippen MR) is 76.9 cm³/mol. The van der Waals surface area contributed by atoms with Crippen LogP contribution in [0, 0.1) is 17.5 Å². The lowest BCUT2D eigenvalue weighted by atomic mass is 10.2. The van der Waals surface area contributed by atoms with Crippen LogP contribution in [0.3, 0.4) is 0 Å². The lowest BCUT2D eigenvalue weighted by molar-refractivity contribution is 0.449. The summed E-state index contributed by atoms with van der Waals surface area (Å²) in [4.78, 5) is 0.164. The molecule has 2 nitrogen and oxygen atoms in total. The van der Waals surface area contributed by atoms with Crippen LogP contribution in [0.5, 0.6) is 0 Å². The highest BCUT2D eigenvalue weighted by molar-refractivity contribution is 7.80. The van der Waals surface area contributed by atoms with E-state index in [-0.39, 0.29) is 15.7 Å². The van der Waals surface area contributed by atoms with Gasteiger partial charge in [0.25, 0.3) is 0 Å². The molecular weight excluding hydrogens is 309 g/mol. The summed E-state index contributed by atoms with van der Waals surface area (Å²) >= 11 is 10.8. The van der Waals surface area contributed by atoms with E-state index in [1.807, 2.05) is 0 Å². The van der Waals surface area contributed by atoms with Gasteiger partial charge < -0.3 is 11.1 Å². The number of benzene rings is 2. The van der Waals surface area contributed by atoms with Gasteiger partial charge in [0, 0.05) is 5.56 Å². The van der Waals surface area contributed by atoms with E-state index in [1.54, 1.807) is 6.07 Å². The Hall–Kier alpha value is -1.79. The van der Waals surface area contributed by atoms with Crippen molar-refractivity contribution in [2.75, 3.05) is 5.32 Å². The molecule has 20 heavy (non-hydrogen) atoms. The number of hydrogen-bond donors (Lipinski definition) is 2. The van der Waals surface area contributed by atoms with Crippen LogP contribution in [0.4, 0.5) is 24.5 Å². The molecule has 2 rings (SSSR count). The summed E-state index contributed by atoms with van der Waals surface area (Å²) < 4.78 is 39.5. The first-order chi connectivity index (χ1) is 9.40. The molecule has 3 N–H and O–H groups in total. The number of hydrogen-bond acceptors (Lipinski definition) is 2. The normalized spacial score (nSPS) is 10.4. The van der Waals surface area contributed by atoms with E-state index in [2.05, 4.69) is 5.32 Å². The first kappa shape index (κ1) is 14.6. The molecule has 0 heterocycles. The number of thiocarbonyl (C=S) groups is 1. The predicted octanol–water partition coefficient (Wildman–Crippen LogP) is 4.14. The average molecular weight is 317 g/mol. The summed E-state index contributed by atoms with van der Waals surface area (Å²) in [6.45, 7) is 0. The number of nitrogens with one attached hydrogen (secondary N) is 1. The highest BCUT2D eigenvalue weighted by Gasteiger charge is 2.14. The van der Waals surface area contributed by atoms with Crippen LogP contribution in [-0.2, 0) is 0 Å². The quantitative estimate of drug-likeness (QED) is 0.660. The fourth-order valence-corrected chi connectivity index (χ4v) is 1.89. The Kier molecular flexibility index (Phi) is 4.15. The minimum Gasteiger partial charge on any atom is -0.389 e. The minimum atomic E-state index is -1.55. The zero-order chi connectivity index (χ0) is 14.9. The van der Waals surface area contributed by atoms with Crippen molar-refractivity contribution in [3.8, 4) is 0 Å². The molecule has 0 aliphatic carbocycles. The molecule has 0 aliphatic rings. The zero-order valence-electron chi connectivity index (χ0n) is 9.88. The van der Waals surface area contributed by atoms with Crippen molar-refractivity contribution in [2.45, 2.75) is 0 Å². The second-order valence-corrected chi connectivity index (χ2v) is 4.75. The van der Waals surface area contributed by atoms with E-state index in [4.69, 9.17) is 29.6 Å². The molecule has 2 aromatic rings. The van der Waals surface area contributed by atoms with Crippen molar-refractivity contribution in [1.82, 2.24) is 0 Å². The van der Waals surface area contributed by atoms with Crippen LogP contribution >= 0.6 is 23.8 Å². The second kappa shape index (κ2) is 5.68. The van der Waals surface area contributed by atoms with E-state index >= 15 is 0 Å². The summed E-state index contributed by atoms with van der Waals surface area (Å²) in [6, 6.07) is 6.47. The van der Waals surface area contributed by atoms with Crippen molar-refractivity contribution >= 4 is 40.2 Å². The van der Waals surface area contributed by atoms with Crippen molar-refractivity contribution in [3.63, 3.8) is 0 Å². The second-order valence-electron chi connectivity index (χ2n) is 3.91. The number of halogens is 4. The van der Waals surface area contributed by atoms with Crippen LogP contribution < -0.4 is 11.1 Å². The first-order valence-electron chi connectivity index (χ1n) is 5.40. The molecule has 0 aliphatic heterocycles. The van der Waals surface area contributed by atoms with E-state index in [0.717, 1.165) is 12.1 Å². The molecule has 104 valence electrons. The Morgan fingerprint density at radius 3 is 2.30 bits per heavy atom. The summed E-state index contributed by atoms with van der Waals surface area (Å²) in [5, 5.41) is 2.80. The number of nitrogens with two attached hydrogens (primary N) is 1. The third kappa shape index (κ3) is 2.86. The first-order valence-corrected chi connectivity index (χ1v) is 6.18. The number of anilines is 2. The Labute approximate surface area is 123 Å². The van der Waals surface area contributed by atoms with Gasteiger partial charge in [0.1, 0.15) is 4.99 Å². The molecule has 0 spiro atoms. The van der Waals surface area contributed by atoms with Gasteiger partial charge in [0.2, 0.25) is 0 Å². The van der Waals surface area contributed by atoms with Crippen molar-refractivity contribution in [2.24, 2.45) is 5.73 Å². The molecule has 0 atom stereocenters. The molecule has 0 fully saturated rings. The van der Waals surface area contributed by atoms with E-state index < -0.39 is 17.5 Å². The SMILES string of the molecule is NC(=S)c1ccc(Nc2ccc(F)c(F)c2F)c(Cl)c1. The summed E-state index contributed by atoms with van der Waals surface area (Å²) in [5.41, 5.74) is 6.08. The summed E-state index contributed by atoms with van der Waals surface area (Å²) in [7, 11) is 0. The average Bonchev–Trinajstić information content (AvgIpc) is 2.41. The highest BCUT2D eigenvalue weighted by atomic mass is 35.5. The molecule has 7 heteroatoms. The number of rotatable bonds is 3. The van der Waals surface area contributed by atoms with E-state index in [9.17, 15) is 13.2 Å². The smallest absolute Gasteiger partial charge is 0.196 e. The molecule has 2 aromatic carbocycles. The van der Waals surface area contributed by atoms with Gasteiger partial charge in [-0.15, -0.1) is 0 Å². The van der Waals surface area contributed by atoms with Crippen LogP contribution in [0.1, 0.15) is 5.56 Å². The van der Waals surface area contributed by atoms with Gasteiger partial charge in [0.15, 0.2) is 17.5 Å². The summed E-state index contributed by atoms with van der Waals surface area (Å²) in [5.74, 6) is -4.13. The van der Waals surface area contributed by atoms with Crippen molar-refractivity contribution in [1.29, 1.82) is 0 Å². The Morgan fingerprint density at radius 2 is 1.70 bits per heavy atom. The third-order valence-corrected chi connectivity index (χ3v) is 3.11. The maximum absolute atomic E-state index is 13.5. The van der Waals surface area contributed by atoms with Gasteiger partial charge in [0.05, 0.1) is 16.4 Å². The van der Waals surface area contributed by atoms with Gasteiger partial charge >= 0.3 is 0 Å². The molecule has 0 bridgehead atoms. The Balaban J connectivity index is 2.36. The van der Waals surface area contributed by atoms with E-state index in [0.29, 0.717) is 11.3 Å². The summed E-state index contributed by atoms with van der Waals surface area (Å²) in [6.07, 6.45) is 0. The van der Waals surface area contributed by atoms with Gasteiger partial charge in [-0.2, -0.15) is 0 Å². The lowest BCUT2D eigenvalue weighted by Crippen LogP contribution is -2.09. The van der Waals surface area contributed by atoms with Crippen LogP contribution in [0.2, 0.25) is 5.02 Å². The largest absolute Gasteiger partial charge is 0.389 e. The topological polar surface area (TPSA) is 38.0 Å². The van der Waals surface area contributed by atoms with E-state index in [1.165, 1.54) is 12.1 Å². The molecule has 0 saturated carbocycles. The minimum absolute atomic E-state index is 0.164. The molecule has 0 saturated heterocycles. The maximum atomic E-state index is 13.5. The zero-order valence-corrected chi connectivity index (χ0v) is 11.5.